The Kier molecular flexibility index (Phi) is 6.68. The van der Waals surface area contributed by atoms with Crippen molar-refractivity contribution in [2.45, 2.75) is 52.2 Å². The smallest absolute Gasteiger partial charge is 0.0808 e. The number of hydrogen-bond donors (Lipinski definition) is 1. The predicted octanol–water partition coefficient (Wildman–Crippen LogP) is 3.54. The van der Waals surface area contributed by atoms with Crippen LogP contribution in [0.1, 0.15) is 48.9 Å². The number of likely N-dealkylation sites (N-methyl/N-ethyl adjacent to an activating group) is 1. The van der Waals surface area contributed by atoms with E-state index in [0.29, 0.717) is 19.3 Å². The largest absolute Gasteiger partial charge is 0.377 e. The number of hydrogen-bond acceptors (Lipinski definition) is 3. The van der Waals surface area contributed by atoms with Crippen molar-refractivity contribution in [2.75, 3.05) is 26.4 Å². The highest BCUT2D eigenvalue weighted by molar-refractivity contribution is 5.32. The molecular weight excluding hydrogens is 262 g/mol. The van der Waals surface area contributed by atoms with Crippen molar-refractivity contribution in [3.63, 3.8) is 0 Å². The van der Waals surface area contributed by atoms with Gasteiger partial charge in [-0.15, -0.1) is 0 Å². The quantitative estimate of drug-likeness (QED) is 0.833. The summed E-state index contributed by atoms with van der Waals surface area (Å²) in [7, 11) is 0. The van der Waals surface area contributed by atoms with E-state index in [-0.39, 0.29) is 6.04 Å². The fourth-order valence-corrected chi connectivity index (χ4v) is 2.98. The van der Waals surface area contributed by atoms with E-state index in [1.165, 1.54) is 29.5 Å². The van der Waals surface area contributed by atoms with Gasteiger partial charge in [-0.3, -0.25) is 0 Å². The van der Waals surface area contributed by atoms with E-state index >= 15 is 0 Å². The van der Waals surface area contributed by atoms with Crippen LogP contribution in [0.2, 0.25) is 0 Å². The lowest BCUT2D eigenvalue weighted by Crippen LogP contribution is -2.29. The molecule has 1 aromatic rings. The SMILES string of the molecule is CCNC(COCC1CCCCO1)c1ccc(C)cc1C. The maximum Gasteiger partial charge on any atom is 0.0808 e. The molecule has 0 saturated carbocycles. The molecule has 0 amide bonds. The van der Waals surface area contributed by atoms with Gasteiger partial charge in [0.25, 0.3) is 0 Å². The van der Waals surface area contributed by atoms with E-state index in [9.17, 15) is 0 Å². The number of benzene rings is 1. The Balaban J connectivity index is 1.88. The van der Waals surface area contributed by atoms with Crippen LogP contribution in [-0.4, -0.2) is 32.5 Å². The molecule has 3 nitrogen and oxygen atoms in total. The molecule has 1 aliphatic heterocycles. The van der Waals surface area contributed by atoms with Gasteiger partial charge in [0.1, 0.15) is 0 Å². The molecule has 2 atom stereocenters. The Morgan fingerprint density at radius 2 is 2.19 bits per heavy atom. The Bertz CT molecular complexity index is 427. The number of aryl methyl sites for hydroxylation is 2. The number of ether oxygens (including phenoxy) is 2. The van der Waals surface area contributed by atoms with E-state index in [1.54, 1.807) is 0 Å². The van der Waals surface area contributed by atoms with Gasteiger partial charge in [-0.2, -0.15) is 0 Å². The molecule has 0 aliphatic carbocycles. The first-order chi connectivity index (χ1) is 10.2. The first-order valence-electron chi connectivity index (χ1n) is 8.20. The van der Waals surface area contributed by atoms with Gasteiger partial charge in [0, 0.05) is 6.61 Å². The average molecular weight is 291 g/mol. The fourth-order valence-electron chi connectivity index (χ4n) is 2.98. The van der Waals surface area contributed by atoms with Gasteiger partial charge >= 0.3 is 0 Å². The van der Waals surface area contributed by atoms with Crippen LogP contribution in [-0.2, 0) is 9.47 Å². The highest BCUT2D eigenvalue weighted by Gasteiger charge is 2.17. The highest BCUT2D eigenvalue weighted by Crippen LogP contribution is 2.20. The molecule has 21 heavy (non-hydrogen) atoms. The molecule has 1 heterocycles. The van der Waals surface area contributed by atoms with Gasteiger partial charge in [0.05, 0.1) is 25.4 Å². The maximum atomic E-state index is 5.94. The summed E-state index contributed by atoms with van der Waals surface area (Å²) < 4.78 is 11.7. The fraction of sp³-hybridized carbons (Fsp3) is 0.667. The maximum absolute atomic E-state index is 5.94. The van der Waals surface area contributed by atoms with Crippen molar-refractivity contribution in [3.05, 3.63) is 34.9 Å². The molecule has 2 rings (SSSR count). The second kappa shape index (κ2) is 8.52. The minimum Gasteiger partial charge on any atom is -0.377 e. The van der Waals surface area contributed by atoms with E-state index < -0.39 is 0 Å². The Morgan fingerprint density at radius 3 is 2.86 bits per heavy atom. The second-order valence-electron chi connectivity index (χ2n) is 6.00. The van der Waals surface area contributed by atoms with Gasteiger partial charge in [0.2, 0.25) is 0 Å². The second-order valence-corrected chi connectivity index (χ2v) is 6.00. The van der Waals surface area contributed by atoms with Crippen molar-refractivity contribution < 1.29 is 9.47 Å². The third-order valence-corrected chi connectivity index (χ3v) is 4.11. The summed E-state index contributed by atoms with van der Waals surface area (Å²) in [5, 5.41) is 3.53. The highest BCUT2D eigenvalue weighted by atomic mass is 16.5. The van der Waals surface area contributed by atoms with E-state index in [0.717, 1.165) is 19.6 Å². The number of rotatable bonds is 7. The normalized spacial score (nSPS) is 20.4. The molecule has 1 fully saturated rings. The van der Waals surface area contributed by atoms with Gasteiger partial charge < -0.3 is 14.8 Å². The van der Waals surface area contributed by atoms with Gasteiger partial charge in [-0.25, -0.2) is 0 Å². The summed E-state index contributed by atoms with van der Waals surface area (Å²) in [5.41, 5.74) is 3.98. The lowest BCUT2D eigenvalue weighted by molar-refractivity contribution is -0.0442. The van der Waals surface area contributed by atoms with Crippen LogP contribution >= 0.6 is 0 Å². The molecule has 1 saturated heterocycles. The third-order valence-electron chi connectivity index (χ3n) is 4.11. The summed E-state index contributed by atoms with van der Waals surface area (Å²) in [4.78, 5) is 0. The minimum absolute atomic E-state index is 0.263. The Labute approximate surface area is 129 Å². The Morgan fingerprint density at radius 1 is 1.33 bits per heavy atom. The van der Waals surface area contributed by atoms with Crippen LogP contribution in [0.15, 0.2) is 18.2 Å². The molecular formula is C18H29NO2. The van der Waals surface area contributed by atoms with Crippen LogP contribution in [0.25, 0.3) is 0 Å². The molecule has 118 valence electrons. The van der Waals surface area contributed by atoms with Crippen LogP contribution in [0, 0.1) is 13.8 Å². The molecule has 0 radical (unpaired) electrons. The monoisotopic (exact) mass is 291 g/mol. The molecule has 0 spiro atoms. The topological polar surface area (TPSA) is 30.5 Å². The van der Waals surface area contributed by atoms with E-state index in [4.69, 9.17) is 9.47 Å². The molecule has 1 aliphatic rings. The van der Waals surface area contributed by atoms with E-state index in [2.05, 4.69) is 44.3 Å². The molecule has 1 aromatic carbocycles. The lowest BCUT2D eigenvalue weighted by atomic mass is 9.99. The van der Waals surface area contributed by atoms with Crippen molar-refractivity contribution in [1.82, 2.24) is 5.32 Å². The van der Waals surface area contributed by atoms with Crippen LogP contribution in [0.5, 0.6) is 0 Å². The molecule has 1 N–H and O–H groups in total. The first kappa shape index (κ1) is 16.5. The van der Waals surface area contributed by atoms with Crippen molar-refractivity contribution in [3.8, 4) is 0 Å². The average Bonchev–Trinajstić information content (AvgIpc) is 2.48. The molecule has 0 aromatic heterocycles. The van der Waals surface area contributed by atoms with Crippen LogP contribution in [0.3, 0.4) is 0 Å². The van der Waals surface area contributed by atoms with Crippen LogP contribution in [0.4, 0.5) is 0 Å². The van der Waals surface area contributed by atoms with Gasteiger partial charge in [-0.05, 0) is 50.8 Å². The van der Waals surface area contributed by atoms with E-state index in [1.807, 2.05) is 0 Å². The lowest BCUT2D eigenvalue weighted by Gasteiger charge is -2.25. The zero-order valence-corrected chi connectivity index (χ0v) is 13.7. The molecule has 0 bridgehead atoms. The van der Waals surface area contributed by atoms with Gasteiger partial charge in [-0.1, -0.05) is 30.7 Å². The first-order valence-corrected chi connectivity index (χ1v) is 8.20. The summed E-state index contributed by atoms with van der Waals surface area (Å²) in [6.45, 7) is 9.71. The molecule has 3 heteroatoms. The van der Waals surface area contributed by atoms with Crippen molar-refractivity contribution in [2.24, 2.45) is 0 Å². The standard InChI is InChI=1S/C18H29NO2/c1-4-19-18(17-9-8-14(2)11-15(17)3)13-20-12-16-7-5-6-10-21-16/h8-9,11,16,18-19H,4-7,10,12-13H2,1-3H3. The summed E-state index contributed by atoms with van der Waals surface area (Å²) in [6.07, 6.45) is 3.89. The minimum atomic E-state index is 0.263. The molecule has 2 unspecified atom stereocenters. The zero-order chi connectivity index (χ0) is 15.1. The number of nitrogens with one attached hydrogen (secondary N) is 1. The predicted molar refractivity (Wildman–Crippen MR) is 86.7 cm³/mol. The van der Waals surface area contributed by atoms with Crippen molar-refractivity contribution in [1.29, 1.82) is 0 Å². The third kappa shape index (κ3) is 5.10. The van der Waals surface area contributed by atoms with Crippen molar-refractivity contribution >= 4 is 0 Å². The summed E-state index contributed by atoms with van der Waals surface area (Å²) in [5.74, 6) is 0. The summed E-state index contributed by atoms with van der Waals surface area (Å²) >= 11 is 0. The van der Waals surface area contributed by atoms with Crippen LogP contribution < -0.4 is 5.32 Å². The zero-order valence-electron chi connectivity index (χ0n) is 13.7. The Hall–Kier alpha value is -0.900. The summed E-state index contributed by atoms with van der Waals surface area (Å²) in [6, 6.07) is 6.90. The van der Waals surface area contributed by atoms with Gasteiger partial charge in [0.15, 0.2) is 0 Å².